The summed E-state index contributed by atoms with van der Waals surface area (Å²) in [4.78, 5) is 0. The minimum absolute atomic E-state index is 1.60. The van der Waals surface area contributed by atoms with Crippen LogP contribution in [0, 0.1) is 0 Å². The SMILES string of the molecule is FC(F)(F)C(OC1=C(Cl)CC(F)(F)C1(F)F)C(F)(F)F. The molecular formula is C8H3ClF10O. The zero-order valence-corrected chi connectivity index (χ0v) is 9.61. The first-order valence-corrected chi connectivity index (χ1v) is 4.93. The van der Waals surface area contributed by atoms with Crippen molar-refractivity contribution in [3.63, 3.8) is 0 Å². The second kappa shape index (κ2) is 4.57. The molecule has 0 radical (unpaired) electrons. The highest BCUT2D eigenvalue weighted by molar-refractivity contribution is 6.30. The van der Waals surface area contributed by atoms with Crippen LogP contribution in [0.5, 0.6) is 0 Å². The minimum atomic E-state index is -6.13. The largest absolute Gasteiger partial charge is 0.468 e. The highest BCUT2D eigenvalue weighted by Gasteiger charge is 2.69. The van der Waals surface area contributed by atoms with Gasteiger partial charge in [-0.15, -0.1) is 0 Å². The summed E-state index contributed by atoms with van der Waals surface area (Å²) in [5.41, 5.74) is 0. The van der Waals surface area contributed by atoms with Gasteiger partial charge in [0.2, 0.25) is 0 Å². The molecule has 0 aliphatic heterocycles. The summed E-state index contributed by atoms with van der Waals surface area (Å²) < 4.78 is 127. The zero-order chi connectivity index (χ0) is 16.1. The van der Waals surface area contributed by atoms with Crippen molar-refractivity contribution in [2.24, 2.45) is 0 Å². The Kier molecular flexibility index (Phi) is 3.92. The standard InChI is InChI=1S/C8H3ClF10O/c9-2-1-5(10,11)6(12,13)3(2)20-4(7(14,15)16)8(17,18)19/h4H,1H2. The molecule has 0 saturated carbocycles. The molecule has 0 aromatic rings. The molecule has 0 amide bonds. The summed E-state index contributed by atoms with van der Waals surface area (Å²) in [5.74, 6) is -12.8. The van der Waals surface area contributed by atoms with Gasteiger partial charge in [0.05, 0.1) is 11.5 Å². The lowest BCUT2D eigenvalue weighted by Gasteiger charge is -2.27. The van der Waals surface area contributed by atoms with Gasteiger partial charge in [-0.1, -0.05) is 11.6 Å². The lowest BCUT2D eigenvalue weighted by molar-refractivity contribution is -0.321. The Balaban J connectivity index is 3.17. The molecule has 1 rings (SSSR count). The van der Waals surface area contributed by atoms with Crippen LogP contribution < -0.4 is 0 Å². The Bertz CT molecular complexity index is 406. The van der Waals surface area contributed by atoms with Crippen molar-refractivity contribution in [3.05, 3.63) is 10.8 Å². The highest BCUT2D eigenvalue weighted by atomic mass is 35.5. The van der Waals surface area contributed by atoms with Gasteiger partial charge in [-0.05, 0) is 0 Å². The van der Waals surface area contributed by atoms with E-state index < -0.39 is 47.5 Å². The fourth-order valence-corrected chi connectivity index (χ4v) is 1.63. The van der Waals surface area contributed by atoms with E-state index in [9.17, 15) is 43.9 Å². The summed E-state index contributed by atoms with van der Waals surface area (Å²) in [5, 5.41) is -1.60. The van der Waals surface area contributed by atoms with Crippen molar-refractivity contribution in [1.29, 1.82) is 0 Å². The van der Waals surface area contributed by atoms with Crippen molar-refractivity contribution >= 4 is 11.6 Å². The normalized spacial score (nSPS) is 22.6. The minimum Gasteiger partial charge on any atom is -0.468 e. The summed E-state index contributed by atoms with van der Waals surface area (Å²) in [7, 11) is 0. The smallest absolute Gasteiger partial charge is 0.434 e. The molecule has 0 aromatic heterocycles. The maximum absolute atomic E-state index is 13.0. The van der Waals surface area contributed by atoms with E-state index in [-0.39, 0.29) is 0 Å². The molecule has 1 nitrogen and oxygen atoms in total. The van der Waals surface area contributed by atoms with E-state index >= 15 is 0 Å². The zero-order valence-electron chi connectivity index (χ0n) is 8.85. The van der Waals surface area contributed by atoms with Gasteiger partial charge in [-0.2, -0.15) is 43.9 Å². The second-order valence-electron chi connectivity index (χ2n) is 3.77. The van der Waals surface area contributed by atoms with Gasteiger partial charge in [-0.3, -0.25) is 0 Å². The third kappa shape index (κ3) is 2.91. The van der Waals surface area contributed by atoms with Crippen LogP contribution in [-0.4, -0.2) is 30.3 Å². The van der Waals surface area contributed by atoms with E-state index in [1.54, 1.807) is 0 Å². The summed E-state index contributed by atoms with van der Waals surface area (Å²) in [6.45, 7) is 0. The van der Waals surface area contributed by atoms with Crippen LogP contribution in [0.15, 0.2) is 10.8 Å². The van der Waals surface area contributed by atoms with Crippen LogP contribution in [0.25, 0.3) is 0 Å². The first-order chi connectivity index (χ1) is 8.61. The summed E-state index contributed by atoms with van der Waals surface area (Å²) >= 11 is 4.85. The molecule has 1 aliphatic carbocycles. The Hall–Kier alpha value is -0.870. The number of alkyl halides is 10. The van der Waals surface area contributed by atoms with E-state index in [1.807, 2.05) is 0 Å². The monoisotopic (exact) mass is 340 g/mol. The number of rotatable bonds is 2. The van der Waals surface area contributed by atoms with E-state index in [0.29, 0.717) is 0 Å². The number of allylic oxidation sites excluding steroid dienone is 2. The topological polar surface area (TPSA) is 9.23 Å². The molecule has 0 N–H and O–H groups in total. The van der Waals surface area contributed by atoms with Gasteiger partial charge >= 0.3 is 24.2 Å². The molecule has 0 fully saturated rings. The molecule has 20 heavy (non-hydrogen) atoms. The van der Waals surface area contributed by atoms with Crippen LogP contribution in [-0.2, 0) is 4.74 Å². The van der Waals surface area contributed by atoms with Crippen LogP contribution in [0.1, 0.15) is 6.42 Å². The Morgan fingerprint density at radius 3 is 1.60 bits per heavy atom. The van der Waals surface area contributed by atoms with Crippen LogP contribution >= 0.6 is 11.6 Å². The van der Waals surface area contributed by atoms with Gasteiger partial charge in [0.1, 0.15) is 0 Å². The highest BCUT2D eigenvalue weighted by Crippen LogP contribution is 2.54. The molecule has 1 aliphatic rings. The Labute approximate surface area is 109 Å². The molecule has 0 spiro atoms. The van der Waals surface area contributed by atoms with E-state index in [1.165, 1.54) is 0 Å². The number of halogens is 11. The number of ether oxygens (including phenoxy) is 1. The molecule has 0 aromatic carbocycles. The predicted molar refractivity (Wildman–Crippen MR) is 44.4 cm³/mol. The van der Waals surface area contributed by atoms with Crippen LogP contribution in [0.2, 0.25) is 0 Å². The fourth-order valence-electron chi connectivity index (χ4n) is 1.30. The maximum atomic E-state index is 13.0. The first kappa shape index (κ1) is 17.2. The maximum Gasteiger partial charge on any atom is 0.434 e. The van der Waals surface area contributed by atoms with Gasteiger partial charge < -0.3 is 4.74 Å². The second-order valence-corrected chi connectivity index (χ2v) is 4.23. The average molecular weight is 341 g/mol. The fraction of sp³-hybridized carbons (Fsp3) is 0.750. The van der Waals surface area contributed by atoms with Gasteiger partial charge in [0, 0.05) is 0 Å². The number of hydrogen-bond acceptors (Lipinski definition) is 1. The Morgan fingerprint density at radius 2 is 1.35 bits per heavy atom. The van der Waals surface area contributed by atoms with E-state index in [0.717, 1.165) is 0 Å². The lowest BCUT2D eigenvalue weighted by Crippen LogP contribution is -2.47. The molecule has 0 heterocycles. The van der Waals surface area contributed by atoms with Gasteiger partial charge in [0.15, 0.2) is 5.76 Å². The molecule has 0 unspecified atom stereocenters. The summed E-state index contributed by atoms with van der Waals surface area (Å²) in [6.07, 6.45) is -18.9. The number of hydrogen-bond donors (Lipinski definition) is 0. The van der Waals surface area contributed by atoms with E-state index in [2.05, 4.69) is 4.74 Å². The molecular weight excluding hydrogens is 338 g/mol. The molecule has 0 saturated heterocycles. The summed E-state index contributed by atoms with van der Waals surface area (Å²) in [6, 6.07) is 0. The quantitative estimate of drug-likeness (QED) is 0.667. The Morgan fingerprint density at radius 1 is 0.950 bits per heavy atom. The molecule has 0 atom stereocenters. The molecule has 12 heteroatoms. The first-order valence-electron chi connectivity index (χ1n) is 4.55. The van der Waals surface area contributed by atoms with Gasteiger partial charge in [0.25, 0.3) is 6.10 Å². The van der Waals surface area contributed by atoms with Crippen molar-refractivity contribution in [1.82, 2.24) is 0 Å². The van der Waals surface area contributed by atoms with Crippen molar-refractivity contribution in [2.45, 2.75) is 36.7 Å². The van der Waals surface area contributed by atoms with E-state index in [4.69, 9.17) is 11.6 Å². The van der Waals surface area contributed by atoms with Crippen LogP contribution in [0.4, 0.5) is 43.9 Å². The average Bonchev–Trinajstić information content (AvgIpc) is 2.25. The van der Waals surface area contributed by atoms with Crippen molar-refractivity contribution in [3.8, 4) is 0 Å². The predicted octanol–water partition coefficient (Wildman–Crippen LogP) is 4.62. The van der Waals surface area contributed by atoms with Crippen molar-refractivity contribution in [2.75, 3.05) is 0 Å². The van der Waals surface area contributed by atoms with Gasteiger partial charge in [-0.25, -0.2) is 0 Å². The third-order valence-corrected chi connectivity index (χ3v) is 2.50. The van der Waals surface area contributed by atoms with Crippen molar-refractivity contribution < 1.29 is 48.6 Å². The third-order valence-electron chi connectivity index (χ3n) is 2.20. The molecule has 118 valence electrons. The van der Waals surface area contributed by atoms with Crippen LogP contribution in [0.3, 0.4) is 0 Å². The lowest BCUT2D eigenvalue weighted by atomic mass is 10.2. The molecule has 0 bridgehead atoms.